The molecule has 2 aromatic carbocycles. The lowest BCUT2D eigenvalue weighted by molar-refractivity contribution is -0.143. The number of carbonyl (C=O) groups excluding carboxylic acids is 5. The zero-order valence-corrected chi connectivity index (χ0v) is 33.0. The fourth-order valence-electron chi connectivity index (χ4n) is 5.86. The van der Waals surface area contributed by atoms with E-state index in [2.05, 4.69) is 35.0 Å². The van der Waals surface area contributed by atoms with Crippen molar-refractivity contribution in [1.82, 2.24) is 16.0 Å². The number of hydrogen-bond donors (Lipinski definition) is 5. The molecule has 1 unspecified atom stereocenters. The summed E-state index contributed by atoms with van der Waals surface area (Å²) in [6.45, 7) is 12.1. The fraction of sp³-hybridized carbons (Fsp3) is 0.571. The molecule has 0 aliphatic carbocycles. The van der Waals surface area contributed by atoms with E-state index in [1.54, 1.807) is 32.9 Å². The molecule has 3 amide bonds. The monoisotopic (exact) mass is 751 g/mol. The van der Waals surface area contributed by atoms with Crippen LogP contribution in [0.2, 0.25) is 0 Å². The average Bonchev–Trinajstić information content (AvgIpc) is 3.11. The number of alkyl carbamates (subject to hydrolysis) is 1. The third-order valence-electron chi connectivity index (χ3n) is 9.07. The second kappa shape index (κ2) is 22.6. The molecule has 0 radical (unpaired) electrons. The van der Waals surface area contributed by atoms with Crippen molar-refractivity contribution < 1.29 is 43.7 Å². The highest BCUT2D eigenvalue weighted by Crippen LogP contribution is 2.23. The Balaban J connectivity index is 2.19. The molecule has 0 aromatic heterocycles. The summed E-state index contributed by atoms with van der Waals surface area (Å²) in [7, 11) is 0. The van der Waals surface area contributed by atoms with E-state index in [0.717, 1.165) is 43.2 Å². The molecule has 0 fully saturated rings. The van der Waals surface area contributed by atoms with Gasteiger partial charge in [0.2, 0.25) is 11.8 Å². The first-order chi connectivity index (χ1) is 25.4. The molecule has 2 aromatic rings. The highest BCUT2D eigenvalue weighted by molar-refractivity contribution is 6.00. The van der Waals surface area contributed by atoms with E-state index in [1.807, 2.05) is 31.2 Å². The number of rotatable bonds is 23. The van der Waals surface area contributed by atoms with Gasteiger partial charge in [-0.15, -0.1) is 0 Å². The molecular formula is C42H61N3O9. The number of benzene rings is 2. The van der Waals surface area contributed by atoms with Crippen LogP contribution in [0.1, 0.15) is 122 Å². The van der Waals surface area contributed by atoms with Crippen molar-refractivity contribution >= 4 is 35.4 Å². The van der Waals surface area contributed by atoms with Crippen molar-refractivity contribution in [3.05, 3.63) is 59.7 Å². The van der Waals surface area contributed by atoms with Gasteiger partial charge in [-0.1, -0.05) is 95.0 Å². The zero-order valence-electron chi connectivity index (χ0n) is 33.0. The van der Waals surface area contributed by atoms with Gasteiger partial charge in [0, 0.05) is 36.8 Å². The molecule has 0 aliphatic rings. The number of carboxylic acid groups (broad SMARTS) is 1. The Bertz CT molecular complexity index is 1530. The number of Topliss-reactive ketones (excluding diaryl/α,β-unsaturated/α-hetero) is 2. The molecule has 0 saturated heterocycles. The van der Waals surface area contributed by atoms with Crippen LogP contribution in [0, 0.1) is 11.8 Å². The van der Waals surface area contributed by atoms with Gasteiger partial charge in [-0.2, -0.15) is 0 Å². The van der Waals surface area contributed by atoms with Crippen molar-refractivity contribution in [3.63, 3.8) is 0 Å². The van der Waals surface area contributed by atoms with Gasteiger partial charge in [0.25, 0.3) is 0 Å². The highest BCUT2D eigenvalue weighted by Gasteiger charge is 2.33. The second-order valence-electron chi connectivity index (χ2n) is 15.1. The van der Waals surface area contributed by atoms with Crippen LogP contribution in [-0.4, -0.2) is 76.0 Å². The van der Waals surface area contributed by atoms with E-state index >= 15 is 0 Å². The Morgan fingerprint density at radius 1 is 0.759 bits per heavy atom. The summed E-state index contributed by atoms with van der Waals surface area (Å²) in [5.74, 6) is -5.40. The summed E-state index contributed by atoms with van der Waals surface area (Å²) in [6, 6.07) is 12.9. The van der Waals surface area contributed by atoms with E-state index < -0.39 is 65.3 Å². The molecule has 12 nitrogen and oxygen atoms in total. The molecule has 2 rings (SSSR count). The molecule has 0 aliphatic heterocycles. The lowest BCUT2D eigenvalue weighted by Crippen LogP contribution is -2.51. The second-order valence-corrected chi connectivity index (χ2v) is 15.1. The van der Waals surface area contributed by atoms with E-state index in [4.69, 9.17) is 4.74 Å². The van der Waals surface area contributed by atoms with Gasteiger partial charge in [-0.3, -0.25) is 19.2 Å². The van der Waals surface area contributed by atoms with Gasteiger partial charge in [0.15, 0.2) is 11.6 Å². The molecule has 5 N–H and O–H groups in total. The third-order valence-corrected chi connectivity index (χ3v) is 9.07. The predicted molar refractivity (Wildman–Crippen MR) is 208 cm³/mol. The normalized spacial score (nSPS) is 14.1. The highest BCUT2D eigenvalue weighted by atomic mass is 16.6. The lowest BCUT2D eigenvalue weighted by atomic mass is 9.92. The topological polar surface area (TPSA) is 188 Å². The largest absolute Gasteiger partial charge is 0.480 e. The van der Waals surface area contributed by atoms with Crippen molar-refractivity contribution in [3.8, 4) is 11.1 Å². The number of nitrogens with one attached hydrogen (secondary N) is 3. The summed E-state index contributed by atoms with van der Waals surface area (Å²) in [6.07, 6.45) is 3.19. The van der Waals surface area contributed by atoms with Crippen LogP contribution < -0.4 is 16.0 Å². The lowest BCUT2D eigenvalue weighted by Gasteiger charge is -2.25. The summed E-state index contributed by atoms with van der Waals surface area (Å²) in [4.78, 5) is 77.5. The Morgan fingerprint density at radius 3 is 1.89 bits per heavy atom. The maximum Gasteiger partial charge on any atom is 0.407 e. The SMILES string of the molecule is CCCCC[C@H](NC(=O)[C@H](C)CC(=O)[C@@H](NC(=O)[C@H](CCNC(=O)OC(C)(C)C)CC(=O)c1ccc(-c2ccc(CCCC)cc2)cc1)C(C)O)C(=O)O. The number of carboxylic acids is 1. The third kappa shape index (κ3) is 16.2. The van der Waals surface area contributed by atoms with Crippen LogP contribution >= 0.6 is 0 Å². The van der Waals surface area contributed by atoms with E-state index in [1.165, 1.54) is 19.4 Å². The number of aliphatic carboxylic acids is 1. The summed E-state index contributed by atoms with van der Waals surface area (Å²) in [5, 5.41) is 27.8. The van der Waals surface area contributed by atoms with Crippen LogP contribution in [0.25, 0.3) is 11.1 Å². The zero-order chi connectivity index (χ0) is 40.4. The van der Waals surface area contributed by atoms with Gasteiger partial charge in [-0.25, -0.2) is 9.59 Å². The van der Waals surface area contributed by atoms with E-state index in [-0.39, 0.29) is 38.0 Å². The van der Waals surface area contributed by atoms with Crippen molar-refractivity contribution in [2.45, 2.75) is 136 Å². The first-order valence-electron chi connectivity index (χ1n) is 19.2. The maximum absolute atomic E-state index is 13.7. The molecule has 0 bridgehead atoms. The number of aliphatic hydroxyl groups excluding tert-OH is 1. The molecule has 0 spiro atoms. The number of ketones is 2. The number of carbonyl (C=O) groups is 6. The molecule has 5 atom stereocenters. The number of amides is 3. The first-order valence-corrected chi connectivity index (χ1v) is 19.2. The van der Waals surface area contributed by atoms with Gasteiger partial charge >= 0.3 is 12.1 Å². The minimum atomic E-state index is -1.41. The van der Waals surface area contributed by atoms with Gasteiger partial charge in [-0.05, 0) is 70.1 Å². The maximum atomic E-state index is 13.7. The molecule has 0 saturated carbocycles. The predicted octanol–water partition coefficient (Wildman–Crippen LogP) is 6.41. The molecule has 54 heavy (non-hydrogen) atoms. The first kappa shape index (κ1) is 45.6. The molecule has 12 heteroatoms. The van der Waals surface area contributed by atoms with E-state index in [0.29, 0.717) is 12.0 Å². The number of hydrogen-bond acceptors (Lipinski definition) is 8. The van der Waals surface area contributed by atoms with Gasteiger partial charge in [0.1, 0.15) is 17.7 Å². The number of aliphatic hydroxyl groups is 1. The minimum absolute atomic E-state index is 0.0129. The quantitative estimate of drug-likeness (QED) is 0.0632. The summed E-state index contributed by atoms with van der Waals surface area (Å²) in [5.41, 5.74) is 2.84. The molecular weight excluding hydrogens is 690 g/mol. The Morgan fingerprint density at radius 2 is 1.35 bits per heavy atom. The van der Waals surface area contributed by atoms with E-state index in [9.17, 15) is 39.0 Å². The molecule has 298 valence electrons. The summed E-state index contributed by atoms with van der Waals surface area (Å²) >= 11 is 0. The Hall–Kier alpha value is -4.58. The van der Waals surface area contributed by atoms with Crippen molar-refractivity contribution in [1.29, 1.82) is 0 Å². The van der Waals surface area contributed by atoms with Crippen LogP contribution in [0.3, 0.4) is 0 Å². The van der Waals surface area contributed by atoms with Crippen LogP contribution in [0.15, 0.2) is 48.5 Å². The number of ether oxygens (including phenoxy) is 1. The van der Waals surface area contributed by atoms with Crippen LogP contribution in [0.4, 0.5) is 4.79 Å². The fourth-order valence-corrected chi connectivity index (χ4v) is 5.86. The standard InChI is InChI=1S/C42H61N3O9/c1-8-10-12-14-34(40(51)52)44-38(49)27(3)25-36(48)37(28(4)46)45-39(50)33(23-24-43-41(53)54-42(5,6)7)26-35(47)32-21-19-31(20-22-32)30-17-15-29(16-18-30)13-11-9-2/h15-22,27-28,33-34,37,46H,8-14,23-26H2,1-7H3,(H,43,53)(H,44,49)(H,45,50)(H,51,52)/t27-,28?,33-,34+,37+/m1/s1. The summed E-state index contributed by atoms with van der Waals surface area (Å²) < 4.78 is 5.29. The number of unbranched alkanes of at least 4 members (excludes halogenated alkanes) is 3. The van der Waals surface area contributed by atoms with Gasteiger partial charge < -0.3 is 30.9 Å². The van der Waals surface area contributed by atoms with Crippen LogP contribution in [-0.2, 0) is 30.3 Å². The van der Waals surface area contributed by atoms with Gasteiger partial charge in [0.05, 0.1) is 6.10 Å². The number of aryl methyl sites for hydroxylation is 1. The van der Waals surface area contributed by atoms with Crippen LogP contribution in [0.5, 0.6) is 0 Å². The van der Waals surface area contributed by atoms with Crippen molar-refractivity contribution in [2.75, 3.05) is 6.54 Å². The minimum Gasteiger partial charge on any atom is -0.480 e. The average molecular weight is 752 g/mol. The Kier molecular flexibility index (Phi) is 19.1. The smallest absolute Gasteiger partial charge is 0.407 e. The molecule has 0 heterocycles. The van der Waals surface area contributed by atoms with Crippen molar-refractivity contribution in [2.24, 2.45) is 11.8 Å². The Labute approximate surface area is 320 Å².